The number of aryl methyl sites for hydroxylation is 1. The Bertz CT molecular complexity index is 1030. The second-order valence-corrected chi connectivity index (χ2v) is 6.28. The van der Waals surface area contributed by atoms with Gasteiger partial charge in [-0.1, -0.05) is 78.4 Å². The van der Waals surface area contributed by atoms with E-state index in [9.17, 15) is 0 Å². The van der Waals surface area contributed by atoms with E-state index in [1.54, 1.807) is 0 Å². The van der Waals surface area contributed by atoms with E-state index < -0.39 is 0 Å². The summed E-state index contributed by atoms with van der Waals surface area (Å²) < 4.78 is 2.28. The van der Waals surface area contributed by atoms with E-state index in [0.717, 1.165) is 23.4 Å². The van der Waals surface area contributed by atoms with E-state index in [1.165, 1.54) is 16.7 Å². The fourth-order valence-electron chi connectivity index (χ4n) is 3.12. The number of imidazole rings is 1. The summed E-state index contributed by atoms with van der Waals surface area (Å²) in [5.41, 5.74) is 5.94. The number of benzene rings is 3. The third-order valence-electron chi connectivity index (χ3n) is 4.33. The Morgan fingerprint density at radius 3 is 2.48 bits per heavy atom. The molecule has 0 spiro atoms. The zero-order valence-electron chi connectivity index (χ0n) is 14.3. The van der Waals surface area contributed by atoms with E-state index >= 15 is 0 Å². The highest BCUT2D eigenvalue weighted by molar-refractivity contribution is 5.80. The minimum atomic E-state index is 0.816. The van der Waals surface area contributed by atoms with Crippen molar-refractivity contribution in [2.45, 2.75) is 13.5 Å². The van der Waals surface area contributed by atoms with Crippen molar-refractivity contribution in [3.63, 3.8) is 0 Å². The standard InChI is InChI=1S/C23H20N2/c1-18-8-7-11-20(16-18)17-25-22-13-6-5-12-21(22)24-23(25)15-14-19-9-3-2-4-10-19/h2-16H,17H2,1H3/b15-14+. The first kappa shape index (κ1) is 15.4. The summed E-state index contributed by atoms with van der Waals surface area (Å²) in [5.74, 6) is 0.978. The van der Waals surface area contributed by atoms with Crippen molar-refractivity contribution < 1.29 is 0 Å². The molecule has 2 heteroatoms. The molecule has 0 fully saturated rings. The molecule has 0 unspecified atom stereocenters. The fourth-order valence-corrected chi connectivity index (χ4v) is 3.12. The van der Waals surface area contributed by atoms with Crippen molar-refractivity contribution in [1.29, 1.82) is 0 Å². The molecule has 3 aromatic carbocycles. The summed E-state index contributed by atoms with van der Waals surface area (Å²) in [6, 6.07) is 27.3. The molecule has 0 aliphatic rings. The number of nitrogens with zero attached hydrogens (tertiary/aromatic N) is 2. The molecule has 0 aliphatic heterocycles. The van der Waals surface area contributed by atoms with Gasteiger partial charge in [0.15, 0.2) is 0 Å². The first-order chi connectivity index (χ1) is 12.3. The normalized spacial score (nSPS) is 11.4. The van der Waals surface area contributed by atoms with Crippen molar-refractivity contribution in [2.75, 3.05) is 0 Å². The molecule has 4 rings (SSSR count). The maximum atomic E-state index is 4.82. The third kappa shape index (κ3) is 3.38. The zero-order chi connectivity index (χ0) is 17.1. The summed E-state index contributed by atoms with van der Waals surface area (Å²) >= 11 is 0. The molecule has 0 amide bonds. The SMILES string of the molecule is Cc1cccc(Cn2c(/C=C/c3ccccc3)nc3ccccc32)c1. The van der Waals surface area contributed by atoms with Crippen molar-refractivity contribution in [1.82, 2.24) is 9.55 Å². The highest BCUT2D eigenvalue weighted by Crippen LogP contribution is 2.20. The predicted molar refractivity (Wildman–Crippen MR) is 105 cm³/mol. The molecule has 25 heavy (non-hydrogen) atoms. The first-order valence-electron chi connectivity index (χ1n) is 8.53. The number of para-hydroxylation sites is 2. The average Bonchev–Trinajstić information content (AvgIpc) is 2.99. The predicted octanol–water partition coefficient (Wildman–Crippen LogP) is 5.56. The number of aromatic nitrogens is 2. The maximum absolute atomic E-state index is 4.82. The summed E-state index contributed by atoms with van der Waals surface area (Å²) in [4.78, 5) is 4.82. The van der Waals surface area contributed by atoms with Crippen molar-refractivity contribution in [3.8, 4) is 0 Å². The summed E-state index contributed by atoms with van der Waals surface area (Å²) in [6.45, 7) is 2.95. The van der Waals surface area contributed by atoms with Gasteiger partial charge in [0.05, 0.1) is 11.0 Å². The van der Waals surface area contributed by atoms with Crippen LogP contribution in [-0.2, 0) is 6.54 Å². The highest BCUT2D eigenvalue weighted by atomic mass is 15.1. The number of hydrogen-bond acceptors (Lipinski definition) is 1. The molecule has 0 saturated carbocycles. The Labute approximate surface area is 148 Å². The summed E-state index contributed by atoms with van der Waals surface area (Å²) in [6.07, 6.45) is 4.22. The Morgan fingerprint density at radius 2 is 1.64 bits per heavy atom. The molecule has 1 aromatic heterocycles. The Morgan fingerprint density at radius 1 is 0.840 bits per heavy atom. The van der Waals surface area contributed by atoms with E-state index in [1.807, 2.05) is 12.1 Å². The molecule has 0 radical (unpaired) electrons. The van der Waals surface area contributed by atoms with Crippen LogP contribution in [0.3, 0.4) is 0 Å². The molecule has 4 aromatic rings. The van der Waals surface area contributed by atoms with Crippen LogP contribution in [0.2, 0.25) is 0 Å². The molecule has 0 atom stereocenters. The lowest BCUT2D eigenvalue weighted by atomic mass is 10.1. The van der Waals surface area contributed by atoms with Gasteiger partial charge in [0.1, 0.15) is 5.82 Å². The van der Waals surface area contributed by atoms with Crippen molar-refractivity contribution >= 4 is 23.2 Å². The monoisotopic (exact) mass is 324 g/mol. The summed E-state index contributed by atoms with van der Waals surface area (Å²) in [5, 5.41) is 0. The van der Waals surface area contributed by atoms with E-state index in [4.69, 9.17) is 4.98 Å². The van der Waals surface area contributed by atoms with Crippen LogP contribution >= 0.6 is 0 Å². The van der Waals surface area contributed by atoms with Crippen LogP contribution in [0.1, 0.15) is 22.5 Å². The number of fused-ring (bicyclic) bond motifs is 1. The van der Waals surface area contributed by atoms with Crippen molar-refractivity contribution in [3.05, 3.63) is 101 Å². The molecule has 0 saturated heterocycles. The lowest BCUT2D eigenvalue weighted by Gasteiger charge is -2.08. The second kappa shape index (κ2) is 6.78. The smallest absolute Gasteiger partial charge is 0.134 e. The highest BCUT2D eigenvalue weighted by Gasteiger charge is 2.08. The lowest BCUT2D eigenvalue weighted by Crippen LogP contribution is -2.02. The van der Waals surface area contributed by atoms with Gasteiger partial charge in [-0.25, -0.2) is 4.98 Å². The Hall–Kier alpha value is -3.13. The average molecular weight is 324 g/mol. The van der Waals surface area contributed by atoms with Crippen molar-refractivity contribution in [2.24, 2.45) is 0 Å². The van der Waals surface area contributed by atoms with Gasteiger partial charge >= 0.3 is 0 Å². The first-order valence-corrected chi connectivity index (χ1v) is 8.53. The van der Waals surface area contributed by atoms with Gasteiger partial charge in [-0.2, -0.15) is 0 Å². The largest absolute Gasteiger partial charge is 0.320 e. The lowest BCUT2D eigenvalue weighted by molar-refractivity contribution is 0.813. The van der Waals surface area contributed by atoms with E-state index in [-0.39, 0.29) is 0 Å². The van der Waals surface area contributed by atoms with Crippen LogP contribution in [-0.4, -0.2) is 9.55 Å². The Balaban J connectivity index is 1.77. The minimum Gasteiger partial charge on any atom is -0.320 e. The molecule has 1 heterocycles. The van der Waals surface area contributed by atoms with Gasteiger partial charge in [0.2, 0.25) is 0 Å². The third-order valence-corrected chi connectivity index (χ3v) is 4.33. The number of hydrogen-bond donors (Lipinski definition) is 0. The molecule has 0 aliphatic carbocycles. The van der Waals surface area contributed by atoms with Crippen LogP contribution in [0.4, 0.5) is 0 Å². The molecular formula is C23H20N2. The van der Waals surface area contributed by atoms with Gasteiger partial charge < -0.3 is 4.57 Å². The quantitative estimate of drug-likeness (QED) is 0.480. The molecule has 2 nitrogen and oxygen atoms in total. The van der Waals surface area contributed by atoms with Crippen LogP contribution < -0.4 is 0 Å². The maximum Gasteiger partial charge on any atom is 0.134 e. The van der Waals surface area contributed by atoms with Gasteiger partial charge in [0, 0.05) is 6.54 Å². The fraction of sp³-hybridized carbons (Fsp3) is 0.0870. The number of rotatable bonds is 4. The molecular weight excluding hydrogens is 304 g/mol. The second-order valence-electron chi connectivity index (χ2n) is 6.28. The van der Waals surface area contributed by atoms with E-state index in [0.29, 0.717) is 0 Å². The van der Waals surface area contributed by atoms with Gasteiger partial charge in [-0.15, -0.1) is 0 Å². The van der Waals surface area contributed by atoms with Gasteiger partial charge in [-0.3, -0.25) is 0 Å². The Kier molecular flexibility index (Phi) is 4.17. The topological polar surface area (TPSA) is 17.8 Å². The molecule has 122 valence electrons. The van der Waals surface area contributed by atoms with Gasteiger partial charge in [0.25, 0.3) is 0 Å². The zero-order valence-corrected chi connectivity index (χ0v) is 14.3. The van der Waals surface area contributed by atoms with Crippen LogP contribution in [0.5, 0.6) is 0 Å². The van der Waals surface area contributed by atoms with Gasteiger partial charge in [-0.05, 0) is 36.3 Å². The van der Waals surface area contributed by atoms with E-state index in [2.05, 4.69) is 90.4 Å². The molecule has 0 N–H and O–H groups in total. The minimum absolute atomic E-state index is 0.816. The van der Waals surface area contributed by atoms with Crippen LogP contribution in [0.25, 0.3) is 23.2 Å². The van der Waals surface area contributed by atoms with Crippen LogP contribution in [0, 0.1) is 6.92 Å². The van der Waals surface area contributed by atoms with Crippen LogP contribution in [0.15, 0.2) is 78.9 Å². The summed E-state index contributed by atoms with van der Waals surface area (Å²) in [7, 11) is 0. The molecule has 0 bridgehead atoms.